The molecule has 1 nitrogen and oxygen atoms in total. The minimum absolute atomic E-state index is 0.513. The van der Waals surface area contributed by atoms with E-state index in [1.54, 1.807) is 11.3 Å². The van der Waals surface area contributed by atoms with Gasteiger partial charge in [0.1, 0.15) is 5.52 Å². The van der Waals surface area contributed by atoms with Gasteiger partial charge >= 0.3 is 0 Å². The van der Waals surface area contributed by atoms with E-state index in [2.05, 4.69) is 24.9 Å². The third-order valence-corrected chi connectivity index (χ3v) is 3.45. The van der Waals surface area contributed by atoms with Crippen LogP contribution >= 0.6 is 22.9 Å². The second-order valence-corrected chi connectivity index (χ2v) is 5.38. The number of thiazole rings is 1. The molecule has 14 heavy (non-hydrogen) atoms. The van der Waals surface area contributed by atoms with Gasteiger partial charge in [-0.2, -0.15) is 0 Å². The highest BCUT2D eigenvalue weighted by Gasteiger charge is 2.08. The Morgan fingerprint density at radius 3 is 2.71 bits per heavy atom. The van der Waals surface area contributed by atoms with Gasteiger partial charge in [0.15, 0.2) is 0 Å². The normalized spacial score (nSPS) is 11.5. The van der Waals surface area contributed by atoms with Gasteiger partial charge in [0, 0.05) is 0 Å². The largest absolute Gasteiger partial charge is 0.240 e. The van der Waals surface area contributed by atoms with E-state index in [4.69, 9.17) is 11.6 Å². The highest BCUT2D eigenvalue weighted by Crippen LogP contribution is 2.31. The maximum atomic E-state index is 6.16. The number of halogens is 1. The van der Waals surface area contributed by atoms with Gasteiger partial charge in [0.05, 0.1) is 14.7 Å². The van der Waals surface area contributed by atoms with Gasteiger partial charge in [0.2, 0.25) is 0 Å². The number of fused-ring (bicyclic) bond motifs is 1. The average molecular weight is 226 g/mol. The van der Waals surface area contributed by atoms with E-state index in [1.165, 1.54) is 10.3 Å². The fourth-order valence-electron chi connectivity index (χ4n) is 1.45. The van der Waals surface area contributed by atoms with Crippen molar-refractivity contribution in [3.05, 3.63) is 27.7 Å². The minimum Gasteiger partial charge on any atom is -0.240 e. The Morgan fingerprint density at radius 1 is 1.36 bits per heavy atom. The Labute approximate surface area is 92.7 Å². The Balaban J connectivity index is 2.71. The Bertz CT molecular complexity index is 473. The lowest BCUT2D eigenvalue weighted by atomic mass is 10.0. The summed E-state index contributed by atoms with van der Waals surface area (Å²) in [6.45, 7) is 6.35. The van der Waals surface area contributed by atoms with Crippen LogP contribution in [0.4, 0.5) is 0 Å². The molecular formula is C11H12ClNS. The molecule has 0 amide bonds. The molecule has 74 valence electrons. The maximum Gasteiger partial charge on any atom is 0.100 e. The van der Waals surface area contributed by atoms with E-state index in [9.17, 15) is 0 Å². The summed E-state index contributed by atoms with van der Waals surface area (Å²) in [5, 5.41) is 1.85. The van der Waals surface area contributed by atoms with Crippen LogP contribution in [0.1, 0.15) is 30.3 Å². The molecule has 0 fully saturated rings. The number of hydrogen-bond acceptors (Lipinski definition) is 2. The molecule has 0 unspecified atom stereocenters. The van der Waals surface area contributed by atoms with Crippen molar-refractivity contribution in [1.29, 1.82) is 0 Å². The molecule has 1 aromatic carbocycles. The van der Waals surface area contributed by atoms with Crippen LogP contribution in [0, 0.1) is 6.92 Å². The van der Waals surface area contributed by atoms with Gasteiger partial charge < -0.3 is 0 Å². The molecule has 2 aromatic rings. The van der Waals surface area contributed by atoms with Crippen molar-refractivity contribution in [2.45, 2.75) is 26.7 Å². The van der Waals surface area contributed by atoms with Gasteiger partial charge in [-0.1, -0.05) is 25.4 Å². The van der Waals surface area contributed by atoms with Crippen LogP contribution < -0.4 is 0 Å². The average Bonchev–Trinajstić information content (AvgIpc) is 2.45. The van der Waals surface area contributed by atoms with Crippen molar-refractivity contribution < 1.29 is 0 Å². The van der Waals surface area contributed by atoms with Crippen molar-refractivity contribution in [3.63, 3.8) is 0 Å². The van der Waals surface area contributed by atoms with Crippen molar-refractivity contribution >= 4 is 33.2 Å². The fourth-order valence-corrected chi connectivity index (χ4v) is 2.68. The molecule has 3 heteroatoms. The van der Waals surface area contributed by atoms with E-state index in [0.29, 0.717) is 5.92 Å². The molecule has 0 radical (unpaired) electrons. The summed E-state index contributed by atoms with van der Waals surface area (Å²) >= 11 is 7.87. The summed E-state index contributed by atoms with van der Waals surface area (Å²) in [7, 11) is 0. The zero-order valence-electron chi connectivity index (χ0n) is 8.47. The monoisotopic (exact) mass is 225 g/mol. The summed E-state index contributed by atoms with van der Waals surface area (Å²) < 4.78 is 1.19. The highest BCUT2D eigenvalue weighted by atomic mass is 35.5. The molecule has 1 aromatic heterocycles. The van der Waals surface area contributed by atoms with E-state index < -0.39 is 0 Å². The molecule has 0 saturated heterocycles. The minimum atomic E-state index is 0.513. The summed E-state index contributed by atoms with van der Waals surface area (Å²) in [6.07, 6.45) is 0. The number of hydrogen-bond donors (Lipinski definition) is 0. The zero-order valence-corrected chi connectivity index (χ0v) is 10.0. The van der Waals surface area contributed by atoms with Crippen LogP contribution in [0.5, 0.6) is 0 Å². The van der Waals surface area contributed by atoms with Crippen LogP contribution in [-0.2, 0) is 0 Å². The molecular weight excluding hydrogens is 214 g/mol. The van der Waals surface area contributed by atoms with Gasteiger partial charge in [-0.25, -0.2) is 4.98 Å². The predicted molar refractivity (Wildman–Crippen MR) is 63.5 cm³/mol. The topological polar surface area (TPSA) is 12.9 Å². The number of nitrogens with zero attached hydrogens (tertiary/aromatic N) is 1. The van der Waals surface area contributed by atoms with E-state index in [1.807, 2.05) is 13.0 Å². The molecule has 0 N–H and O–H groups in total. The third kappa shape index (κ3) is 1.64. The van der Waals surface area contributed by atoms with Gasteiger partial charge in [-0.05, 0) is 30.5 Å². The highest BCUT2D eigenvalue weighted by molar-refractivity contribution is 7.18. The van der Waals surface area contributed by atoms with E-state index >= 15 is 0 Å². The fraction of sp³-hybridized carbons (Fsp3) is 0.364. The van der Waals surface area contributed by atoms with E-state index in [-0.39, 0.29) is 0 Å². The van der Waals surface area contributed by atoms with Crippen LogP contribution in [0.25, 0.3) is 10.2 Å². The smallest absolute Gasteiger partial charge is 0.100 e. The van der Waals surface area contributed by atoms with Crippen LogP contribution in [0.2, 0.25) is 5.02 Å². The lowest BCUT2D eigenvalue weighted by Crippen LogP contribution is -1.86. The Hall–Kier alpha value is -0.600. The second kappa shape index (κ2) is 3.52. The maximum absolute atomic E-state index is 6.16. The molecule has 0 atom stereocenters. The van der Waals surface area contributed by atoms with E-state index in [0.717, 1.165) is 15.5 Å². The lowest BCUT2D eigenvalue weighted by molar-refractivity contribution is 0.869. The summed E-state index contributed by atoms with van der Waals surface area (Å²) in [5.74, 6) is 0.513. The number of aromatic nitrogens is 1. The van der Waals surface area contributed by atoms with Crippen molar-refractivity contribution in [2.75, 3.05) is 0 Å². The first-order valence-corrected chi connectivity index (χ1v) is 5.84. The van der Waals surface area contributed by atoms with Gasteiger partial charge in [-0.15, -0.1) is 11.3 Å². The number of benzene rings is 1. The second-order valence-electron chi connectivity index (χ2n) is 3.74. The Kier molecular flexibility index (Phi) is 2.50. The summed E-state index contributed by atoms with van der Waals surface area (Å²) in [6, 6.07) is 4.21. The van der Waals surface area contributed by atoms with Crippen LogP contribution in [-0.4, -0.2) is 4.98 Å². The molecule has 0 bridgehead atoms. The first-order valence-electron chi connectivity index (χ1n) is 4.64. The number of rotatable bonds is 1. The van der Waals surface area contributed by atoms with Crippen molar-refractivity contribution in [1.82, 2.24) is 4.98 Å². The summed E-state index contributed by atoms with van der Waals surface area (Å²) in [5.41, 5.74) is 2.23. The standard InChI is InChI=1S/C11H12ClNS/c1-6(2)8-4-9(12)11-10(5-8)14-7(3)13-11/h4-6H,1-3H3. The van der Waals surface area contributed by atoms with Gasteiger partial charge in [-0.3, -0.25) is 0 Å². The zero-order chi connectivity index (χ0) is 10.3. The van der Waals surface area contributed by atoms with Crippen LogP contribution in [0.15, 0.2) is 12.1 Å². The molecule has 2 rings (SSSR count). The molecule has 0 aliphatic rings. The third-order valence-electron chi connectivity index (χ3n) is 2.24. The van der Waals surface area contributed by atoms with Crippen molar-refractivity contribution in [2.24, 2.45) is 0 Å². The first-order chi connectivity index (χ1) is 6.58. The van der Waals surface area contributed by atoms with Crippen molar-refractivity contribution in [3.8, 4) is 0 Å². The Morgan fingerprint density at radius 2 is 2.07 bits per heavy atom. The predicted octanol–water partition coefficient (Wildman–Crippen LogP) is 4.38. The summed E-state index contributed by atoms with van der Waals surface area (Å²) in [4.78, 5) is 4.40. The molecule has 0 aliphatic heterocycles. The molecule has 0 saturated carbocycles. The quantitative estimate of drug-likeness (QED) is 0.702. The number of aryl methyl sites for hydroxylation is 1. The molecule has 0 aliphatic carbocycles. The van der Waals surface area contributed by atoms with Gasteiger partial charge in [0.25, 0.3) is 0 Å². The molecule has 0 spiro atoms. The SMILES string of the molecule is Cc1nc2c(Cl)cc(C(C)C)cc2s1. The van der Waals surface area contributed by atoms with Crippen LogP contribution in [0.3, 0.4) is 0 Å². The molecule has 1 heterocycles. The lowest BCUT2D eigenvalue weighted by Gasteiger charge is -2.05. The first kappa shape index (κ1) is 9.94.